The van der Waals surface area contributed by atoms with E-state index in [0.717, 1.165) is 5.56 Å². The monoisotopic (exact) mass is 250 g/mol. The Morgan fingerprint density at radius 2 is 2.11 bits per heavy atom. The number of carbonyl (C=O) groups is 1. The normalized spacial score (nSPS) is 13.6. The number of rotatable bonds is 4. The van der Waals surface area contributed by atoms with Crippen LogP contribution in [0.2, 0.25) is 0 Å². The van der Waals surface area contributed by atoms with Crippen molar-refractivity contribution < 1.29 is 24.1 Å². The van der Waals surface area contributed by atoms with E-state index in [0.29, 0.717) is 22.8 Å². The number of ether oxygens (including phenoxy) is 3. The molecule has 0 atom stereocenters. The summed E-state index contributed by atoms with van der Waals surface area (Å²) in [5.74, 6) is 0.900. The molecular weight excluding hydrogens is 236 g/mol. The summed E-state index contributed by atoms with van der Waals surface area (Å²) in [6, 6.07) is 3.47. The predicted octanol–water partition coefficient (Wildman–Crippen LogP) is 2.00. The van der Waals surface area contributed by atoms with Gasteiger partial charge in [-0.2, -0.15) is 0 Å². The molecule has 0 saturated carbocycles. The van der Waals surface area contributed by atoms with Gasteiger partial charge in [0.25, 0.3) is 0 Å². The minimum absolute atomic E-state index is 0.178. The Hall–Kier alpha value is -2.17. The van der Waals surface area contributed by atoms with Crippen LogP contribution in [0.5, 0.6) is 17.2 Å². The summed E-state index contributed by atoms with van der Waals surface area (Å²) in [5, 5.41) is 9.03. The van der Waals surface area contributed by atoms with Crippen LogP contribution in [-0.4, -0.2) is 25.0 Å². The highest BCUT2D eigenvalue weighted by molar-refractivity contribution is 5.87. The average Bonchev–Trinajstić information content (AvgIpc) is 2.81. The van der Waals surface area contributed by atoms with Gasteiger partial charge in [-0.05, 0) is 13.0 Å². The molecule has 1 aromatic rings. The van der Waals surface area contributed by atoms with Crippen LogP contribution in [0.25, 0.3) is 0 Å². The summed E-state index contributed by atoms with van der Waals surface area (Å²) in [6.07, 6.45) is 1.86. The van der Waals surface area contributed by atoms with Gasteiger partial charge in [-0.1, -0.05) is 6.08 Å². The molecule has 0 fully saturated rings. The molecule has 1 aliphatic heterocycles. The van der Waals surface area contributed by atoms with E-state index in [2.05, 4.69) is 0 Å². The lowest BCUT2D eigenvalue weighted by Gasteiger charge is -2.10. The molecule has 0 amide bonds. The maximum Gasteiger partial charge on any atom is 0.331 e. The standard InChI is InChI=1S/C13H14O5/c1-3-8(13(14)15)4-9-5-11-12(18-7-17-11)6-10(9)16-2/h3,5-6H,4,7H2,1-2H3,(H,14,15)/b8-3+. The number of hydrogen-bond donors (Lipinski definition) is 1. The Morgan fingerprint density at radius 3 is 2.67 bits per heavy atom. The Labute approximate surface area is 105 Å². The summed E-state index contributed by atoms with van der Waals surface area (Å²) in [5.41, 5.74) is 1.07. The van der Waals surface area contributed by atoms with Crippen LogP contribution < -0.4 is 14.2 Å². The first-order valence-electron chi connectivity index (χ1n) is 5.50. The minimum atomic E-state index is -0.933. The second-order valence-electron chi connectivity index (χ2n) is 3.81. The summed E-state index contributed by atoms with van der Waals surface area (Å²) in [6.45, 7) is 1.88. The summed E-state index contributed by atoms with van der Waals surface area (Å²) >= 11 is 0. The van der Waals surface area contributed by atoms with Gasteiger partial charge in [0.15, 0.2) is 11.5 Å². The maximum atomic E-state index is 11.0. The zero-order valence-electron chi connectivity index (χ0n) is 10.2. The molecule has 18 heavy (non-hydrogen) atoms. The Bertz CT molecular complexity index is 504. The van der Waals surface area contributed by atoms with Crippen LogP contribution in [0.3, 0.4) is 0 Å². The van der Waals surface area contributed by atoms with Gasteiger partial charge in [0.05, 0.1) is 7.11 Å². The highest BCUT2D eigenvalue weighted by Crippen LogP contribution is 2.38. The van der Waals surface area contributed by atoms with E-state index in [-0.39, 0.29) is 13.2 Å². The molecule has 1 aliphatic rings. The van der Waals surface area contributed by atoms with Crippen molar-refractivity contribution in [1.82, 2.24) is 0 Å². The molecule has 5 heteroatoms. The molecule has 96 valence electrons. The topological polar surface area (TPSA) is 65.0 Å². The third-order valence-corrected chi connectivity index (χ3v) is 2.78. The highest BCUT2D eigenvalue weighted by Gasteiger charge is 2.19. The minimum Gasteiger partial charge on any atom is -0.496 e. The van der Waals surface area contributed by atoms with E-state index < -0.39 is 5.97 Å². The third-order valence-electron chi connectivity index (χ3n) is 2.78. The van der Waals surface area contributed by atoms with Crippen LogP contribution in [0, 0.1) is 0 Å². The fraction of sp³-hybridized carbons (Fsp3) is 0.308. The van der Waals surface area contributed by atoms with Gasteiger partial charge >= 0.3 is 5.97 Å². The predicted molar refractivity (Wildman–Crippen MR) is 64.2 cm³/mol. The number of aliphatic carboxylic acids is 1. The van der Waals surface area contributed by atoms with Crippen molar-refractivity contribution in [1.29, 1.82) is 0 Å². The van der Waals surface area contributed by atoms with Crippen molar-refractivity contribution >= 4 is 5.97 Å². The van der Waals surface area contributed by atoms with Crippen molar-refractivity contribution in [3.8, 4) is 17.2 Å². The van der Waals surface area contributed by atoms with Gasteiger partial charge in [0, 0.05) is 23.6 Å². The number of carboxylic acids is 1. The van der Waals surface area contributed by atoms with E-state index in [1.807, 2.05) is 0 Å². The number of carboxylic acid groups (broad SMARTS) is 1. The first-order chi connectivity index (χ1) is 8.65. The lowest BCUT2D eigenvalue weighted by molar-refractivity contribution is -0.132. The molecular formula is C13H14O5. The van der Waals surface area contributed by atoms with Crippen molar-refractivity contribution in [2.75, 3.05) is 13.9 Å². The van der Waals surface area contributed by atoms with E-state index >= 15 is 0 Å². The zero-order chi connectivity index (χ0) is 13.1. The van der Waals surface area contributed by atoms with Crippen molar-refractivity contribution in [3.05, 3.63) is 29.3 Å². The second kappa shape index (κ2) is 5.00. The number of benzene rings is 1. The Morgan fingerprint density at radius 1 is 1.44 bits per heavy atom. The van der Waals surface area contributed by atoms with Gasteiger partial charge in [-0.15, -0.1) is 0 Å². The number of methoxy groups -OCH3 is 1. The van der Waals surface area contributed by atoms with Crippen LogP contribution >= 0.6 is 0 Å². The first kappa shape index (κ1) is 12.3. The molecule has 1 heterocycles. The Balaban J connectivity index is 2.35. The van der Waals surface area contributed by atoms with E-state index in [1.165, 1.54) is 7.11 Å². The van der Waals surface area contributed by atoms with Crippen LogP contribution in [0.1, 0.15) is 12.5 Å². The summed E-state index contributed by atoms with van der Waals surface area (Å²) < 4.78 is 15.8. The molecule has 0 unspecified atom stereocenters. The molecule has 2 rings (SSSR count). The van der Waals surface area contributed by atoms with Gasteiger partial charge < -0.3 is 19.3 Å². The Kier molecular flexibility index (Phi) is 3.41. The van der Waals surface area contributed by atoms with Crippen molar-refractivity contribution in [2.24, 2.45) is 0 Å². The molecule has 1 aromatic carbocycles. The molecule has 5 nitrogen and oxygen atoms in total. The molecule has 0 aromatic heterocycles. The molecule has 1 N–H and O–H groups in total. The van der Waals surface area contributed by atoms with Crippen LogP contribution in [0.15, 0.2) is 23.8 Å². The fourth-order valence-electron chi connectivity index (χ4n) is 1.80. The van der Waals surface area contributed by atoms with Crippen molar-refractivity contribution in [3.63, 3.8) is 0 Å². The smallest absolute Gasteiger partial charge is 0.331 e. The van der Waals surface area contributed by atoms with Gasteiger partial charge in [0.2, 0.25) is 6.79 Å². The quantitative estimate of drug-likeness (QED) is 0.828. The van der Waals surface area contributed by atoms with Crippen LogP contribution in [0.4, 0.5) is 0 Å². The zero-order valence-corrected chi connectivity index (χ0v) is 10.2. The molecule has 0 spiro atoms. The summed E-state index contributed by atoms with van der Waals surface area (Å²) in [7, 11) is 1.54. The fourth-order valence-corrected chi connectivity index (χ4v) is 1.80. The second-order valence-corrected chi connectivity index (χ2v) is 3.81. The number of fused-ring (bicyclic) bond motifs is 1. The van der Waals surface area contributed by atoms with Crippen LogP contribution in [-0.2, 0) is 11.2 Å². The molecule has 0 radical (unpaired) electrons. The highest BCUT2D eigenvalue weighted by atomic mass is 16.7. The molecule has 0 aliphatic carbocycles. The van der Waals surface area contributed by atoms with E-state index in [9.17, 15) is 4.79 Å². The largest absolute Gasteiger partial charge is 0.496 e. The van der Waals surface area contributed by atoms with Gasteiger partial charge in [-0.3, -0.25) is 0 Å². The lowest BCUT2D eigenvalue weighted by atomic mass is 10.0. The lowest BCUT2D eigenvalue weighted by Crippen LogP contribution is -2.04. The SMILES string of the molecule is C/C=C(\Cc1cc2c(cc1OC)OCO2)C(=O)O. The molecule has 0 bridgehead atoms. The molecule has 0 saturated heterocycles. The van der Waals surface area contributed by atoms with Gasteiger partial charge in [0.1, 0.15) is 5.75 Å². The average molecular weight is 250 g/mol. The maximum absolute atomic E-state index is 11.0. The third kappa shape index (κ3) is 2.25. The van der Waals surface area contributed by atoms with E-state index in [4.69, 9.17) is 19.3 Å². The van der Waals surface area contributed by atoms with Crippen molar-refractivity contribution in [2.45, 2.75) is 13.3 Å². The summed E-state index contributed by atoms with van der Waals surface area (Å²) in [4.78, 5) is 11.0. The number of hydrogen-bond acceptors (Lipinski definition) is 4. The number of allylic oxidation sites excluding steroid dienone is 1. The first-order valence-corrected chi connectivity index (χ1v) is 5.50. The van der Waals surface area contributed by atoms with E-state index in [1.54, 1.807) is 25.1 Å². The van der Waals surface area contributed by atoms with Gasteiger partial charge in [-0.25, -0.2) is 4.79 Å².